The van der Waals surface area contributed by atoms with Crippen molar-refractivity contribution in [1.29, 1.82) is 5.41 Å². The van der Waals surface area contributed by atoms with Crippen LogP contribution in [-0.2, 0) is 17.4 Å². The fraction of sp³-hybridized carbons (Fsp3) is 0.357. The second-order valence-electron chi connectivity index (χ2n) is 5.88. The Kier molecular flexibility index (Phi) is 2.83. The van der Waals surface area contributed by atoms with Crippen LogP contribution >= 0.6 is 0 Å². The monoisotopic (exact) mass is 283 g/mol. The van der Waals surface area contributed by atoms with Crippen LogP contribution in [0.3, 0.4) is 0 Å². The van der Waals surface area contributed by atoms with Gasteiger partial charge in [0.25, 0.3) is 0 Å². The molecule has 1 fully saturated rings. The van der Waals surface area contributed by atoms with Gasteiger partial charge in [0.15, 0.2) is 13.8 Å². The topological polar surface area (TPSA) is 74.0 Å². The molecule has 2 aromatic rings. The lowest BCUT2D eigenvalue weighted by atomic mass is 9.85. The van der Waals surface area contributed by atoms with Crippen LogP contribution in [-0.4, -0.2) is 41.4 Å². The van der Waals surface area contributed by atoms with Crippen LogP contribution in [0.5, 0.6) is 0 Å². The first kappa shape index (κ1) is 13.7. The molecule has 1 atom stereocenters. The zero-order valence-electron chi connectivity index (χ0n) is 12.7. The number of rotatable bonds is 1. The van der Waals surface area contributed by atoms with Crippen LogP contribution in [0, 0.1) is 5.41 Å². The zero-order chi connectivity index (χ0) is 15.4. The molecule has 1 aromatic carbocycles. The number of carbonyl (C=O) groups is 1. The second-order valence-corrected chi connectivity index (χ2v) is 5.88. The summed E-state index contributed by atoms with van der Waals surface area (Å²) in [6, 6.07) is 6.09. The van der Waals surface area contributed by atoms with Crippen LogP contribution in [0.15, 0.2) is 18.2 Å². The van der Waals surface area contributed by atoms with E-state index in [1.54, 1.807) is 7.05 Å². The van der Waals surface area contributed by atoms with E-state index in [1.165, 1.54) is 4.90 Å². The van der Waals surface area contributed by atoms with Gasteiger partial charge in [0.1, 0.15) is 0 Å². The summed E-state index contributed by atoms with van der Waals surface area (Å²) in [6.45, 7) is 1.96. The summed E-state index contributed by atoms with van der Waals surface area (Å²) in [5, 5.41) is 16.6. The largest absolute Gasteiger partial charge is 0.346 e. The first-order chi connectivity index (χ1) is 9.82. The minimum Gasteiger partial charge on any atom is -0.346 e. The number of hydrogen-bond donors (Lipinski definition) is 2. The molecule has 0 saturated carbocycles. The smallest absolute Gasteiger partial charge is 0.231 e. The molecule has 2 heterocycles. The molecule has 6 nitrogen and oxygen atoms in total. The molecule has 0 radical (unpaired) electrons. The van der Waals surface area contributed by atoms with Gasteiger partial charge in [0.2, 0.25) is 5.91 Å². The average Bonchev–Trinajstić information content (AvgIpc) is 2.71. The quantitative estimate of drug-likeness (QED) is 0.689. The number of nitrogens with one attached hydrogen (secondary N) is 2. The van der Waals surface area contributed by atoms with Crippen molar-refractivity contribution in [2.75, 3.05) is 7.05 Å². The van der Waals surface area contributed by atoms with Crippen molar-refractivity contribution >= 4 is 36.2 Å². The van der Waals surface area contributed by atoms with E-state index in [1.807, 2.05) is 44.7 Å². The van der Waals surface area contributed by atoms with Crippen molar-refractivity contribution in [3.8, 4) is 0 Å². The molecule has 1 saturated heterocycles. The molecule has 1 aromatic heterocycles. The third kappa shape index (κ3) is 2.00. The summed E-state index contributed by atoms with van der Waals surface area (Å²) in [5.74, 6) is 0.0811. The maximum absolute atomic E-state index is 12.1. The highest BCUT2D eigenvalue weighted by Gasteiger charge is 2.38. The molecule has 0 spiro atoms. The highest BCUT2D eigenvalue weighted by molar-refractivity contribution is 6.37. The number of carbonyl (C=O) groups excluding carboxylic acids is 1. The fourth-order valence-electron chi connectivity index (χ4n) is 2.89. The normalized spacial score (nSPS) is 22.7. The summed E-state index contributed by atoms with van der Waals surface area (Å²) in [4.78, 5) is 13.4. The molecular weight excluding hydrogens is 265 g/mol. The number of aromatic nitrogens is 2. The Balaban J connectivity index is 2.09. The lowest BCUT2D eigenvalue weighted by Crippen LogP contribution is -2.58. The van der Waals surface area contributed by atoms with Crippen LogP contribution in [0.1, 0.15) is 18.9 Å². The SMILES string of the molecule is Bc1nn(C)c2cc([C@]3(C)CC(=O)N(C)C(=N)N3)ccc12. The summed E-state index contributed by atoms with van der Waals surface area (Å²) < 4.78 is 1.85. The standard InChI is InChI=1S/C14H18BN5O/c1-14(7-11(21)19(2)13(16)17-14)8-4-5-9-10(6-8)20(3)18-12(9)15/h4-6H,7,15H2,1-3H3,(H2,16,17)/t14-/m0/s1. The average molecular weight is 283 g/mol. The van der Waals surface area contributed by atoms with Crippen LogP contribution in [0.25, 0.3) is 10.9 Å². The van der Waals surface area contributed by atoms with Gasteiger partial charge >= 0.3 is 0 Å². The minimum absolute atomic E-state index is 0.0532. The van der Waals surface area contributed by atoms with Gasteiger partial charge < -0.3 is 5.32 Å². The Morgan fingerprint density at radius 3 is 2.81 bits per heavy atom. The summed E-state index contributed by atoms with van der Waals surface area (Å²) in [6.07, 6.45) is 0.328. The van der Waals surface area contributed by atoms with Crippen molar-refractivity contribution in [3.05, 3.63) is 23.8 Å². The third-order valence-electron chi connectivity index (χ3n) is 4.28. The van der Waals surface area contributed by atoms with Gasteiger partial charge in [0.05, 0.1) is 17.5 Å². The predicted octanol–water partition coefficient (Wildman–Crippen LogP) is -0.567. The summed E-state index contributed by atoms with van der Waals surface area (Å²) >= 11 is 0. The molecule has 7 heteroatoms. The number of benzene rings is 1. The highest BCUT2D eigenvalue weighted by Crippen LogP contribution is 2.30. The molecule has 3 rings (SSSR count). The van der Waals surface area contributed by atoms with E-state index < -0.39 is 5.54 Å². The lowest BCUT2D eigenvalue weighted by Gasteiger charge is -2.39. The van der Waals surface area contributed by atoms with Crippen LogP contribution in [0.4, 0.5) is 0 Å². The first-order valence-corrected chi connectivity index (χ1v) is 6.89. The number of fused-ring (bicyclic) bond motifs is 1. The van der Waals surface area contributed by atoms with E-state index in [9.17, 15) is 4.79 Å². The van der Waals surface area contributed by atoms with Crippen molar-refractivity contribution in [1.82, 2.24) is 20.0 Å². The van der Waals surface area contributed by atoms with Crippen LogP contribution < -0.4 is 10.9 Å². The molecular formula is C14H18BN5O. The van der Waals surface area contributed by atoms with Gasteiger partial charge in [-0.3, -0.25) is 19.8 Å². The van der Waals surface area contributed by atoms with Crippen molar-refractivity contribution in [2.45, 2.75) is 18.9 Å². The second kappa shape index (κ2) is 4.34. The van der Waals surface area contributed by atoms with E-state index in [2.05, 4.69) is 10.4 Å². The van der Waals surface area contributed by atoms with Gasteiger partial charge in [0, 0.05) is 25.1 Å². The molecule has 1 aliphatic heterocycles. The third-order valence-corrected chi connectivity index (χ3v) is 4.28. The zero-order valence-corrected chi connectivity index (χ0v) is 12.7. The number of guanidine groups is 1. The number of amides is 1. The van der Waals surface area contributed by atoms with Gasteiger partial charge in [-0.2, -0.15) is 5.10 Å². The van der Waals surface area contributed by atoms with E-state index in [0.717, 1.165) is 22.1 Å². The highest BCUT2D eigenvalue weighted by atomic mass is 16.2. The molecule has 2 N–H and O–H groups in total. The van der Waals surface area contributed by atoms with E-state index in [4.69, 9.17) is 5.41 Å². The Bertz CT molecular complexity index is 748. The number of hydrogen-bond acceptors (Lipinski definition) is 3. The van der Waals surface area contributed by atoms with Gasteiger partial charge in [-0.25, -0.2) is 0 Å². The number of nitrogens with zero attached hydrogens (tertiary/aromatic N) is 3. The predicted molar refractivity (Wildman–Crippen MR) is 84.5 cm³/mol. The maximum Gasteiger partial charge on any atom is 0.231 e. The van der Waals surface area contributed by atoms with Crippen molar-refractivity contribution < 1.29 is 4.79 Å². The molecule has 108 valence electrons. The van der Waals surface area contributed by atoms with E-state index in [0.29, 0.717) is 6.42 Å². The number of aryl methyl sites for hydroxylation is 1. The molecule has 1 aliphatic rings. The molecule has 1 amide bonds. The van der Waals surface area contributed by atoms with Gasteiger partial charge in [-0.05, 0) is 18.6 Å². The first-order valence-electron chi connectivity index (χ1n) is 6.89. The van der Waals surface area contributed by atoms with Gasteiger partial charge in [-0.1, -0.05) is 12.1 Å². The van der Waals surface area contributed by atoms with Crippen LogP contribution in [0.2, 0.25) is 0 Å². The molecule has 0 bridgehead atoms. The Morgan fingerprint density at radius 1 is 1.43 bits per heavy atom. The molecule has 21 heavy (non-hydrogen) atoms. The fourth-order valence-corrected chi connectivity index (χ4v) is 2.89. The summed E-state index contributed by atoms with van der Waals surface area (Å²) in [5.41, 5.74) is 2.45. The Labute approximate surface area is 124 Å². The van der Waals surface area contributed by atoms with Crippen molar-refractivity contribution in [2.24, 2.45) is 7.05 Å². The van der Waals surface area contributed by atoms with E-state index >= 15 is 0 Å². The Morgan fingerprint density at radius 2 is 2.14 bits per heavy atom. The molecule has 0 aliphatic carbocycles. The molecule has 0 unspecified atom stereocenters. The lowest BCUT2D eigenvalue weighted by molar-refractivity contribution is -0.129. The minimum atomic E-state index is -0.562. The Hall–Kier alpha value is -2.31. The van der Waals surface area contributed by atoms with E-state index in [-0.39, 0.29) is 11.9 Å². The maximum atomic E-state index is 12.1. The van der Waals surface area contributed by atoms with Gasteiger partial charge in [-0.15, -0.1) is 0 Å². The van der Waals surface area contributed by atoms with Crippen molar-refractivity contribution in [3.63, 3.8) is 0 Å². The summed E-state index contributed by atoms with van der Waals surface area (Å²) in [7, 11) is 5.51.